The summed E-state index contributed by atoms with van der Waals surface area (Å²) in [5.41, 5.74) is 7.00. The lowest BCUT2D eigenvalue weighted by atomic mass is 9.88. The second-order valence-electron chi connectivity index (χ2n) is 5.34. The van der Waals surface area contributed by atoms with E-state index >= 15 is 0 Å². The van der Waals surface area contributed by atoms with Crippen LogP contribution in [0.2, 0.25) is 0 Å². The summed E-state index contributed by atoms with van der Waals surface area (Å²) >= 11 is 0. The maximum Gasteiger partial charge on any atom is 0.228 e. The number of nitrogens with two attached hydrogens (primary N) is 1. The van der Waals surface area contributed by atoms with Crippen LogP contribution in [-0.4, -0.2) is 28.9 Å². The average Bonchev–Trinajstić information content (AvgIpc) is 2.35. The fraction of sp³-hybridized carbons (Fsp3) is 0.571. The number of nitrogens with zero attached hydrogens (tertiary/aromatic N) is 2. The van der Waals surface area contributed by atoms with Gasteiger partial charge in [-0.1, -0.05) is 13.8 Å². The van der Waals surface area contributed by atoms with E-state index < -0.39 is 0 Å². The fourth-order valence-electron chi connectivity index (χ4n) is 2.30. The smallest absolute Gasteiger partial charge is 0.228 e. The summed E-state index contributed by atoms with van der Waals surface area (Å²) in [4.78, 5) is 18.3. The number of hydrogen-bond donors (Lipinski definition) is 1. The Morgan fingerprint density at radius 2 is 2.22 bits per heavy atom. The fourth-order valence-corrected chi connectivity index (χ4v) is 2.30. The first-order valence-corrected chi connectivity index (χ1v) is 6.54. The van der Waals surface area contributed by atoms with Crippen molar-refractivity contribution < 1.29 is 4.79 Å². The Morgan fingerprint density at radius 3 is 2.83 bits per heavy atom. The molecule has 1 aliphatic rings. The van der Waals surface area contributed by atoms with Crippen molar-refractivity contribution >= 4 is 11.6 Å². The third kappa shape index (κ3) is 3.00. The Balaban J connectivity index is 1.94. The molecule has 1 aliphatic heterocycles. The molecule has 0 bridgehead atoms. The number of likely N-dealkylation sites (tertiary alicyclic amines) is 1. The lowest BCUT2D eigenvalue weighted by molar-refractivity contribution is -0.132. The molecule has 2 N–H and O–H groups in total. The van der Waals surface area contributed by atoms with E-state index in [1.54, 1.807) is 12.3 Å². The minimum absolute atomic E-state index is 0.172. The van der Waals surface area contributed by atoms with Crippen molar-refractivity contribution in [2.45, 2.75) is 26.7 Å². The number of aromatic nitrogens is 1. The van der Waals surface area contributed by atoms with Crippen LogP contribution in [0.3, 0.4) is 0 Å². The van der Waals surface area contributed by atoms with Gasteiger partial charge in [-0.05, 0) is 30.4 Å². The average molecular weight is 247 g/mol. The molecule has 2 atom stereocenters. The molecule has 4 nitrogen and oxygen atoms in total. The van der Waals surface area contributed by atoms with Gasteiger partial charge in [-0.3, -0.25) is 9.78 Å². The minimum atomic E-state index is 0.172. The Hall–Kier alpha value is -1.58. The summed E-state index contributed by atoms with van der Waals surface area (Å²) in [6, 6.07) is 3.61. The molecule has 18 heavy (non-hydrogen) atoms. The zero-order chi connectivity index (χ0) is 13.1. The number of hydrogen-bond acceptors (Lipinski definition) is 3. The zero-order valence-electron chi connectivity index (χ0n) is 11.1. The topological polar surface area (TPSA) is 59.2 Å². The van der Waals surface area contributed by atoms with Crippen LogP contribution in [0.15, 0.2) is 18.3 Å². The van der Waals surface area contributed by atoms with Gasteiger partial charge < -0.3 is 10.6 Å². The van der Waals surface area contributed by atoms with Crippen LogP contribution in [0.25, 0.3) is 0 Å². The summed E-state index contributed by atoms with van der Waals surface area (Å²) in [5, 5.41) is 0. The van der Waals surface area contributed by atoms with E-state index in [4.69, 9.17) is 5.73 Å². The maximum atomic E-state index is 12.2. The van der Waals surface area contributed by atoms with Gasteiger partial charge in [0.2, 0.25) is 5.91 Å². The summed E-state index contributed by atoms with van der Waals surface area (Å²) in [5.74, 6) is 1.47. The quantitative estimate of drug-likeness (QED) is 0.865. The van der Waals surface area contributed by atoms with Gasteiger partial charge >= 0.3 is 0 Å². The number of anilines is 1. The van der Waals surface area contributed by atoms with E-state index in [1.165, 1.54) is 0 Å². The van der Waals surface area contributed by atoms with Crippen LogP contribution in [0.5, 0.6) is 0 Å². The third-order valence-electron chi connectivity index (χ3n) is 3.87. The third-order valence-corrected chi connectivity index (χ3v) is 3.87. The first kappa shape index (κ1) is 12.9. The second-order valence-corrected chi connectivity index (χ2v) is 5.34. The lowest BCUT2D eigenvalue weighted by Crippen LogP contribution is -2.42. The first-order chi connectivity index (χ1) is 8.56. The molecule has 1 aromatic rings. The molecule has 2 unspecified atom stereocenters. The largest absolute Gasteiger partial charge is 0.397 e. The predicted octanol–water partition coefficient (Wildman–Crippen LogP) is 1.71. The Labute approximate surface area is 108 Å². The molecular weight excluding hydrogens is 226 g/mol. The maximum absolute atomic E-state index is 12.2. The van der Waals surface area contributed by atoms with Crippen LogP contribution < -0.4 is 5.73 Å². The number of carbonyl (C=O) groups excluding carboxylic acids is 1. The lowest BCUT2D eigenvalue weighted by Gasteiger charge is -2.35. The molecule has 0 aromatic carbocycles. The van der Waals surface area contributed by atoms with Crippen molar-refractivity contribution in [3.63, 3.8) is 0 Å². The number of piperidine rings is 1. The molecule has 0 spiro atoms. The van der Waals surface area contributed by atoms with Gasteiger partial charge in [0.15, 0.2) is 0 Å². The van der Waals surface area contributed by atoms with E-state index in [-0.39, 0.29) is 5.91 Å². The highest BCUT2D eigenvalue weighted by molar-refractivity contribution is 5.78. The van der Waals surface area contributed by atoms with Crippen molar-refractivity contribution in [3.05, 3.63) is 24.0 Å². The van der Waals surface area contributed by atoms with Crippen LogP contribution in [0.1, 0.15) is 26.0 Å². The van der Waals surface area contributed by atoms with Crippen molar-refractivity contribution in [1.82, 2.24) is 9.88 Å². The molecule has 1 amide bonds. The van der Waals surface area contributed by atoms with Crippen LogP contribution in [-0.2, 0) is 11.2 Å². The standard InChI is InChI=1S/C14H21N3O/c1-10-5-6-17(9-11(10)2)14(18)7-13-4-3-12(15)8-16-13/h3-4,8,10-11H,5-7,9,15H2,1-2H3. The first-order valence-electron chi connectivity index (χ1n) is 6.54. The normalized spacial score (nSPS) is 24.0. The van der Waals surface area contributed by atoms with E-state index in [9.17, 15) is 4.79 Å². The van der Waals surface area contributed by atoms with Gasteiger partial charge in [0, 0.05) is 18.8 Å². The number of rotatable bonds is 2. The van der Waals surface area contributed by atoms with E-state index in [1.807, 2.05) is 11.0 Å². The zero-order valence-corrected chi connectivity index (χ0v) is 11.1. The number of carbonyl (C=O) groups is 1. The van der Waals surface area contributed by atoms with Gasteiger partial charge in [-0.25, -0.2) is 0 Å². The van der Waals surface area contributed by atoms with Crippen LogP contribution in [0, 0.1) is 11.8 Å². The molecule has 1 fully saturated rings. The van der Waals surface area contributed by atoms with Crippen LogP contribution in [0.4, 0.5) is 5.69 Å². The number of pyridine rings is 1. The Bertz CT molecular complexity index is 416. The molecule has 0 radical (unpaired) electrons. The van der Waals surface area contributed by atoms with Crippen LogP contribution >= 0.6 is 0 Å². The molecule has 2 heterocycles. The predicted molar refractivity (Wildman–Crippen MR) is 71.9 cm³/mol. The monoisotopic (exact) mass is 247 g/mol. The van der Waals surface area contributed by atoms with Crippen molar-refractivity contribution in [1.29, 1.82) is 0 Å². The molecule has 4 heteroatoms. The van der Waals surface area contributed by atoms with E-state index in [0.717, 1.165) is 25.2 Å². The Morgan fingerprint density at radius 1 is 1.44 bits per heavy atom. The summed E-state index contributed by atoms with van der Waals surface area (Å²) < 4.78 is 0. The highest BCUT2D eigenvalue weighted by Gasteiger charge is 2.25. The van der Waals surface area contributed by atoms with E-state index in [0.29, 0.717) is 23.9 Å². The summed E-state index contributed by atoms with van der Waals surface area (Å²) in [7, 11) is 0. The highest BCUT2D eigenvalue weighted by atomic mass is 16.2. The highest BCUT2D eigenvalue weighted by Crippen LogP contribution is 2.22. The summed E-state index contributed by atoms with van der Waals surface area (Å²) in [6.45, 7) is 6.22. The molecule has 1 aromatic heterocycles. The number of nitrogen functional groups attached to an aromatic ring is 1. The van der Waals surface area contributed by atoms with Gasteiger partial charge in [0.25, 0.3) is 0 Å². The van der Waals surface area contributed by atoms with Gasteiger partial charge in [0.05, 0.1) is 18.3 Å². The van der Waals surface area contributed by atoms with E-state index in [2.05, 4.69) is 18.8 Å². The molecule has 0 aliphatic carbocycles. The van der Waals surface area contributed by atoms with Gasteiger partial charge in [0.1, 0.15) is 0 Å². The molecular formula is C14H21N3O. The van der Waals surface area contributed by atoms with Crippen molar-refractivity contribution in [2.24, 2.45) is 11.8 Å². The molecule has 2 rings (SSSR count). The number of amides is 1. The second kappa shape index (κ2) is 5.38. The van der Waals surface area contributed by atoms with Gasteiger partial charge in [-0.2, -0.15) is 0 Å². The molecule has 98 valence electrons. The minimum Gasteiger partial charge on any atom is -0.397 e. The SMILES string of the molecule is CC1CCN(C(=O)Cc2ccc(N)cn2)CC1C. The Kier molecular flexibility index (Phi) is 3.84. The molecule has 0 saturated carbocycles. The van der Waals surface area contributed by atoms with Gasteiger partial charge in [-0.15, -0.1) is 0 Å². The van der Waals surface area contributed by atoms with Crippen molar-refractivity contribution in [3.8, 4) is 0 Å². The van der Waals surface area contributed by atoms with Crippen molar-refractivity contribution in [2.75, 3.05) is 18.8 Å². The molecule has 1 saturated heterocycles. The summed E-state index contributed by atoms with van der Waals surface area (Å²) in [6.07, 6.45) is 3.08.